The molecule has 0 bridgehead atoms. The van der Waals surface area contributed by atoms with Gasteiger partial charge >= 0.3 is 11.1 Å². The molecule has 3 N–H and O–H groups in total. The maximum absolute atomic E-state index is 11.8. The zero-order valence-corrected chi connectivity index (χ0v) is 9.83. The molecule has 94 valence electrons. The molecule has 0 aromatic carbocycles. The predicted octanol–water partition coefficient (Wildman–Crippen LogP) is -0.724. The second-order valence-electron chi connectivity index (χ2n) is 3.80. The zero-order valence-electron chi connectivity index (χ0n) is 9.83. The highest BCUT2D eigenvalue weighted by atomic mass is 16.2. The van der Waals surface area contributed by atoms with Crippen molar-refractivity contribution in [2.75, 3.05) is 5.43 Å². The van der Waals surface area contributed by atoms with Crippen LogP contribution in [0.4, 0.5) is 5.82 Å². The van der Waals surface area contributed by atoms with Crippen LogP contribution < -0.4 is 22.4 Å². The van der Waals surface area contributed by atoms with Crippen LogP contribution in [-0.4, -0.2) is 14.1 Å². The average molecular weight is 247 g/mol. The number of rotatable bonds is 3. The van der Waals surface area contributed by atoms with Crippen LogP contribution in [-0.2, 0) is 13.6 Å². The molecule has 0 radical (unpaired) electrons. The summed E-state index contributed by atoms with van der Waals surface area (Å²) in [6.07, 6.45) is 4.68. The van der Waals surface area contributed by atoms with Gasteiger partial charge in [-0.3, -0.25) is 9.59 Å². The zero-order chi connectivity index (χ0) is 13.1. The van der Waals surface area contributed by atoms with E-state index in [-0.39, 0.29) is 6.54 Å². The van der Waals surface area contributed by atoms with Gasteiger partial charge < -0.3 is 14.6 Å². The minimum absolute atomic E-state index is 0.238. The van der Waals surface area contributed by atoms with Gasteiger partial charge in [-0.1, -0.05) is 6.07 Å². The van der Waals surface area contributed by atoms with Crippen molar-refractivity contribution < 1.29 is 0 Å². The van der Waals surface area contributed by atoms with Crippen LogP contribution in [0.3, 0.4) is 0 Å². The number of aromatic nitrogens is 3. The van der Waals surface area contributed by atoms with E-state index in [4.69, 9.17) is 5.84 Å². The number of hydrogen-bond donors (Lipinski definition) is 2. The van der Waals surface area contributed by atoms with E-state index in [0.29, 0.717) is 5.82 Å². The molecule has 0 unspecified atom stereocenters. The Hall–Kier alpha value is -2.41. The molecule has 2 aromatic heterocycles. The highest BCUT2D eigenvalue weighted by molar-refractivity contribution is 5.42. The van der Waals surface area contributed by atoms with Gasteiger partial charge in [0.2, 0.25) is 0 Å². The number of hydrogen-bond acceptors (Lipinski definition) is 5. The summed E-state index contributed by atoms with van der Waals surface area (Å²) < 4.78 is 2.56. The summed E-state index contributed by atoms with van der Waals surface area (Å²) in [5.74, 6) is 5.81. The summed E-state index contributed by atoms with van der Waals surface area (Å²) in [5.41, 5.74) is 2.04. The average Bonchev–Trinajstić information content (AvgIpc) is 2.40. The second-order valence-corrected chi connectivity index (χ2v) is 3.80. The van der Waals surface area contributed by atoms with Gasteiger partial charge in [0.25, 0.3) is 0 Å². The van der Waals surface area contributed by atoms with Crippen molar-refractivity contribution in [3.8, 4) is 0 Å². The van der Waals surface area contributed by atoms with Crippen LogP contribution >= 0.6 is 0 Å². The van der Waals surface area contributed by atoms with Crippen LogP contribution in [0.25, 0.3) is 0 Å². The number of hydrazine groups is 1. The van der Waals surface area contributed by atoms with Gasteiger partial charge in [-0.15, -0.1) is 0 Å². The van der Waals surface area contributed by atoms with Crippen LogP contribution in [0.5, 0.6) is 0 Å². The number of nitrogens with zero attached hydrogens (tertiary/aromatic N) is 3. The third kappa shape index (κ3) is 2.16. The summed E-state index contributed by atoms with van der Waals surface area (Å²) in [7, 11) is 1.53. The molecule has 7 nitrogen and oxygen atoms in total. The van der Waals surface area contributed by atoms with Crippen LogP contribution in [0.15, 0.2) is 40.3 Å². The maximum Gasteiger partial charge on any atom is 0.316 e. The molecule has 0 fully saturated rings. The largest absolute Gasteiger partial charge is 0.316 e. The van der Waals surface area contributed by atoms with Crippen LogP contribution in [0.2, 0.25) is 0 Å². The number of nitrogen functional groups attached to an aromatic ring is 1. The van der Waals surface area contributed by atoms with Gasteiger partial charge in [0, 0.05) is 31.2 Å². The first kappa shape index (κ1) is 12.1. The van der Waals surface area contributed by atoms with Gasteiger partial charge in [-0.05, 0) is 6.07 Å². The molecule has 0 aliphatic rings. The Labute approximate surface area is 102 Å². The van der Waals surface area contributed by atoms with Crippen LogP contribution in [0.1, 0.15) is 5.56 Å². The molecular weight excluding hydrogens is 234 g/mol. The van der Waals surface area contributed by atoms with E-state index in [1.807, 2.05) is 0 Å². The molecule has 2 rings (SSSR count). The number of nitrogens with two attached hydrogens (primary N) is 1. The van der Waals surface area contributed by atoms with E-state index in [0.717, 1.165) is 5.56 Å². The van der Waals surface area contributed by atoms with Crippen molar-refractivity contribution in [3.05, 3.63) is 57.0 Å². The lowest BCUT2D eigenvalue weighted by molar-refractivity contribution is 0.694. The van der Waals surface area contributed by atoms with E-state index < -0.39 is 11.1 Å². The molecule has 0 aliphatic carbocycles. The smallest absolute Gasteiger partial charge is 0.312 e. The monoisotopic (exact) mass is 247 g/mol. The third-order valence-electron chi connectivity index (χ3n) is 2.60. The Morgan fingerprint density at radius 2 is 2.11 bits per heavy atom. The van der Waals surface area contributed by atoms with Crippen molar-refractivity contribution in [2.45, 2.75) is 6.54 Å². The van der Waals surface area contributed by atoms with E-state index in [2.05, 4.69) is 10.4 Å². The van der Waals surface area contributed by atoms with E-state index in [1.165, 1.54) is 22.4 Å². The lowest BCUT2D eigenvalue weighted by atomic mass is 10.2. The second kappa shape index (κ2) is 4.84. The van der Waals surface area contributed by atoms with E-state index in [9.17, 15) is 9.59 Å². The molecule has 0 spiro atoms. The van der Waals surface area contributed by atoms with Gasteiger partial charge in [-0.25, -0.2) is 10.8 Å². The maximum atomic E-state index is 11.8. The lowest BCUT2D eigenvalue weighted by Crippen LogP contribution is -2.39. The minimum Gasteiger partial charge on any atom is -0.312 e. The Bertz CT molecular complexity index is 674. The number of anilines is 1. The Kier molecular flexibility index (Phi) is 3.24. The van der Waals surface area contributed by atoms with Crippen molar-refractivity contribution in [3.63, 3.8) is 0 Å². The molecule has 2 heterocycles. The van der Waals surface area contributed by atoms with E-state index >= 15 is 0 Å². The topological polar surface area (TPSA) is 94.9 Å². The number of aryl methyl sites for hydroxylation is 1. The van der Waals surface area contributed by atoms with Crippen molar-refractivity contribution in [1.82, 2.24) is 14.1 Å². The van der Waals surface area contributed by atoms with Gasteiger partial charge in [-0.2, -0.15) is 0 Å². The molecule has 0 atom stereocenters. The predicted molar refractivity (Wildman–Crippen MR) is 67.1 cm³/mol. The fourth-order valence-corrected chi connectivity index (χ4v) is 1.59. The fourth-order valence-electron chi connectivity index (χ4n) is 1.59. The molecule has 0 amide bonds. The Balaban J connectivity index is 2.44. The molecule has 7 heteroatoms. The quantitative estimate of drug-likeness (QED) is 0.424. The Morgan fingerprint density at radius 3 is 2.83 bits per heavy atom. The highest BCUT2D eigenvalue weighted by Crippen LogP contribution is 2.10. The van der Waals surface area contributed by atoms with E-state index in [1.54, 1.807) is 24.5 Å². The standard InChI is InChI=1S/C11H13N5O2/c1-15-5-6-16(11(18)10(15)17)7-8-3-2-4-13-9(8)14-12/h2-6H,7,12H2,1H3,(H,13,14). The molecule has 18 heavy (non-hydrogen) atoms. The Morgan fingerprint density at radius 1 is 1.33 bits per heavy atom. The molecular formula is C11H13N5O2. The third-order valence-corrected chi connectivity index (χ3v) is 2.60. The summed E-state index contributed by atoms with van der Waals surface area (Å²) in [5, 5.41) is 0. The first-order chi connectivity index (χ1) is 8.63. The SMILES string of the molecule is Cn1ccn(Cc2cccnc2NN)c(=O)c1=O. The first-order valence-corrected chi connectivity index (χ1v) is 5.30. The van der Waals surface area contributed by atoms with Crippen molar-refractivity contribution >= 4 is 5.82 Å². The minimum atomic E-state index is -0.577. The number of nitrogens with one attached hydrogen (secondary N) is 1. The summed E-state index contributed by atoms with van der Waals surface area (Å²) in [4.78, 5) is 27.3. The van der Waals surface area contributed by atoms with Crippen molar-refractivity contribution in [1.29, 1.82) is 0 Å². The molecule has 2 aromatic rings. The summed E-state index contributed by atoms with van der Waals surface area (Å²) in [6, 6.07) is 3.52. The molecule has 0 saturated heterocycles. The van der Waals surface area contributed by atoms with Gasteiger partial charge in [0.05, 0.1) is 6.54 Å². The molecule has 0 saturated carbocycles. The molecule has 0 aliphatic heterocycles. The summed E-state index contributed by atoms with van der Waals surface area (Å²) in [6.45, 7) is 0.238. The van der Waals surface area contributed by atoms with Gasteiger partial charge in [0.1, 0.15) is 5.82 Å². The summed E-state index contributed by atoms with van der Waals surface area (Å²) >= 11 is 0. The fraction of sp³-hybridized carbons (Fsp3) is 0.182. The van der Waals surface area contributed by atoms with Crippen molar-refractivity contribution in [2.24, 2.45) is 12.9 Å². The highest BCUT2D eigenvalue weighted by Gasteiger charge is 2.06. The van der Waals surface area contributed by atoms with Crippen LogP contribution in [0, 0.1) is 0 Å². The normalized spacial score (nSPS) is 10.3. The number of pyridine rings is 1. The first-order valence-electron chi connectivity index (χ1n) is 5.30. The lowest BCUT2D eigenvalue weighted by Gasteiger charge is -2.09. The van der Waals surface area contributed by atoms with Gasteiger partial charge in [0.15, 0.2) is 0 Å².